The molecule has 2 heterocycles. The van der Waals surface area contributed by atoms with Crippen molar-refractivity contribution in [3.63, 3.8) is 0 Å². The highest BCUT2D eigenvalue weighted by Crippen LogP contribution is 2.25. The van der Waals surface area contributed by atoms with Crippen molar-refractivity contribution in [2.24, 2.45) is 5.92 Å². The van der Waals surface area contributed by atoms with Gasteiger partial charge in [-0.25, -0.2) is 4.98 Å². The third-order valence-corrected chi connectivity index (χ3v) is 3.18. The zero-order valence-electron chi connectivity index (χ0n) is 10.1. The minimum Gasteiger partial charge on any atom is -0.372 e. The molecule has 1 fully saturated rings. The summed E-state index contributed by atoms with van der Waals surface area (Å²) < 4.78 is 0. The molecule has 0 aliphatic carbocycles. The van der Waals surface area contributed by atoms with E-state index in [1.807, 2.05) is 13.2 Å². The van der Waals surface area contributed by atoms with E-state index in [1.54, 1.807) is 6.20 Å². The van der Waals surface area contributed by atoms with Crippen LogP contribution in [0.2, 0.25) is 0 Å². The topological polar surface area (TPSA) is 41.1 Å². The van der Waals surface area contributed by atoms with E-state index in [4.69, 9.17) is 0 Å². The van der Waals surface area contributed by atoms with Gasteiger partial charge in [-0.3, -0.25) is 4.98 Å². The molecule has 2 rings (SSSR count). The number of hydrogen-bond donors (Lipinski definition) is 1. The highest BCUT2D eigenvalue weighted by atomic mass is 15.2. The molecule has 0 spiro atoms. The van der Waals surface area contributed by atoms with E-state index in [2.05, 4.69) is 27.1 Å². The number of aromatic nitrogens is 2. The first-order valence-corrected chi connectivity index (χ1v) is 6.08. The van der Waals surface area contributed by atoms with Crippen molar-refractivity contribution in [1.29, 1.82) is 0 Å². The van der Waals surface area contributed by atoms with Crippen LogP contribution in [0.15, 0.2) is 12.4 Å². The van der Waals surface area contributed by atoms with Crippen LogP contribution in [0, 0.1) is 5.92 Å². The lowest BCUT2D eigenvalue weighted by atomic mass is 10.0. The van der Waals surface area contributed by atoms with E-state index in [0.29, 0.717) is 0 Å². The Morgan fingerprint density at radius 3 is 3.12 bits per heavy atom. The Bertz CT molecular complexity index is 340. The molecule has 88 valence electrons. The molecule has 1 aliphatic heterocycles. The Labute approximate surface area is 97.1 Å². The fourth-order valence-electron chi connectivity index (χ4n) is 2.31. The Kier molecular flexibility index (Phi) is 3.59. The summed E-state index contributed by atoms with van der Waals surface area (Å²) in [6.45, 7) is 4.51. The summed E-state index contributed by atoms with van der Waals surface area (Å²) >= 11 is 0. The van der Waals surface area contributed by atoms with E-state index in [-0.39, 0.29) is 0 Å². The van der Waals surface area contributed by atoms with Crippen LogP contribution in [-0.2, 0) is 0 Å². The molecular weight excluding hydrogens is 200 g/mol. The van der Waals surface area contributed by atoms with E-state index in [9.17, 15) is 0 Å². The molecule has 0 amide bonds. The largest absolute Gasteiger partial charge is 0.372 e. The van der Waals surface area contributed by atoms with Gasteiger partial charge < -0.3 is 10.2 Å². The Morgan fingerprint density at radius 1 is 1.50 bits per heavy atom. The van der Waals surface area contributed by atoms with Crippen molar-refractivity contribution in [1.82, 2.24) is 9.97 Å². The molecular formula is C12H20N4. The standard InChI is InChI=1S/C12H20N4/c1-3-4-10-5-6-16(9-10)12-8-14-7-11(13-2)15-12/h7-8,10H,3-6,9H2,1-2H3,(H,13,15). The lowest BCUT2D eigenvalue weighted by Crippen LogP contribution is -2.21. The maximum absolute atomic E-state index is 4.52. The van der Waals surface area contributed by atoms with E-state index < -0.39 is 0 Å². The monoisotopic (exact) mass is 220 g/mol. The summed E-state index contributed by atoms with van der Waals surface area (Å²) in [5, 5.41) is 3.03. The second-order valence-electron chi connectivity index (χ2n) is 4.40. The molecule has 1 aromatic heterocycles. The Balaban J connectivity index is 2.02. The smallest absolute Gasteiger partial charge is 0.149 e. The normalized spacial score (nSPS) is 20.1. The van der Waals surface area contributed by atoms with Gasteiger partial charge in [0.15, 0.2) is 0 Å². The number of hydrogen-bond acceptors (Lipinski definition) is 4. The van der Waals surface area contributed by atoms with Crippen molar-refractivity contribution < 1.29 is 0 Å². The fraction of sp³-hybridized carbons (Fsp3) is 0.667. The third-order valence-electron chi connectivity index (χ3n) is 3.18. The summed E-state index contributed by atoms with van der Waals surface area (Å²) in [7, 11) is 1.87. The van der Waals surface area contributed by atoms with Crippen LogP contribution in [0.4, 0.5) is 11.6 Å². The first-order valence-electron chi connectivity index (χ1n) is 6.08. The maximum Gasteiger partial charge on any atom is 0.149 e. The highest BCUT2D eigenvalue weighted by Gasteiger charge is 2.22. The third kappa shape index (κ3) is 2.43. The molecule has 1 aliphatic rings. The van der Waals surface area contributed by atoms with Gasteiger partial charge in [0, 0.05) is 20.1 Å². The summed E-state index contributed by atoms with van der Waals surface area (Å²) in [6, 6.07) is 0. The quantitative estimate of drug-likeness (QED) is 0.844. The molecule has 1 saturated heterocycles. The maximum atomic E-state index is 4.52. The lowest BCUT2D eigenvalue weighted by Gasteiger charge is -2.17. The predicted octanol–water partition coefficient (Wildman–Crippen LogP) is 2.14. The molecule has 16 heavy (non-hydrogen) atoms. The van der Waals surface area contributed by atoms with Crippen LogP contribution < -0.4 is 10.2 Å². The van der Waals surface area contributed by atoms with E-state index in [0.717, 1.165) is 30.6 Å². The van der Waals surface area contributed by atoms with Crippen LogP contribution in [-0.4, -0.2) is 30.1 Å². The summed E-state index contributed by atoms with van der Waals surface area (Å²) in [4.78, 5) is 11.1. The zero-order chi connectivity index (χ0) is 11.4. The van der Waals surface area contributed by atoms with Crippen molar-refractivity contribution in [2.75, 3.05) is 30.4 Å². The molecule has 4 heteroatoms. The molecule has 1 N–H and O–H groups in total. The second-order valence-corrected chi connectivity index (χ2v) is 4.40. The van der Waals surface area contributed by atoms with Crippen LogP contribution >= 0.6 is 0 Å². The van der Waals surface area contributed by atoms with Gasteiger partial charge in [-0.15, -0.1) is 0 Å². The fourth-order valence-corrected chi connectivity index (χ4v) is 2.31. The Morgan fingerprint density at radius 2 is 2.38 bits per heavy atom. The lowest BCUT2D eigenvalue weighted by molar-refractivity contribution is 0.529. The van der Waals surface area contributed by atoms with Crippen molar-refractivity contribution >= 4 is 11.6 Å². The molecule has 0 radical (unpaired) electrons. The van der Waals surface area contributed by atoms with Crippen molar-refractivity contribution in [2.45, 2.75) is 26.2 Å². The zero-order valence-corrected chi connectivity index (χ0v) is 10.1. The van der Waals surface area contributed by atoms with Crippen molar-refractivity contribution in [3.05, 3.63) is 12.4 Å². The summed E-state index contributed by atoms with van der Waals surface area (Å²) in [5.74, 6) is 2.69. The summed E-state index contributed by atoms with van der Waals surface area (Å²) in [6.07, 6.45) is 7.51. The minimum atomic E-state index is 0.838. The van der Waals surface area contributed by atoms with Gasteiger partial charge in [0.05, 0.1) is 12.4 Å². The van der Waals surface area contributed by atoms with Gasteiger partial charge in [-0.2, -0.15) is 0 Å². The molecule has 0 saturated carbocycles. The first kappa shape index (κ1) is 11.2. The van der Waals surface area contributed by atoms with Gasteiger partial charge in [0.25, 0.3) is 0 Å². The van der Waals surface area contributed by atoms with E-state index >= 15 is 0 Å². The SMILES string of the molecule is CCCC1CCN(c2cncc(NC)n2)C1. The number of anilines is 2. The second kappa shape index (κ2) is 5.14. The Hall–Kier alpha value is -1.32. The van der Waals surface area contributed by atoms with Crippen LogP contribution in [0.5, 0.6) is 0 Å². The van der Waals surface area contributed by atoms with Crippen LogP contribution in [0.3, 0.4) is 0 Å². The van der Waals surface area contributed by atoms with Gasteiger partial charge in [0.1, 0.15) is 11.6 Å². The average molecular weight is 220 g/mol. The van der Waals surface area contributed by atoms with Crippen LogP contribution in [0.1, 0.15) is 26.2 Å². The van der Waals surface area contributed by atoms with E-state index in [1.165, 1.54) is 19.3 Å². The molecule has 1 aromatic rings. The van der Waals surface area contributed by atoms with Crippen molar-refractivity contribution in [3.8, 4) is 0 Å². The number of rotatable bonds is 4. The molecule has 4 nitrogen and oxygen atoms in total. The minimum absolute atomic E-state index is 0.838. The van der Waals surface area contributed by atoms with Gasteiger partial charge in [-0.05, 0) is 18.8 Å². The molecule has 0 bridgehead atoms. The molecule has 0 aromatic carbocycles. The van der Waals surface area contributed by atoms with Gasteiger partial charge >= 0.3 is 0 Å². The number of nitrogens with zero attached hydrogens (tertiary/aromatic N) is 3. The molecule has 1 atom stereocenters. The average Bonchev–Trinajstić information content (AvgIpc) is 2.78. The van der Waals surface area contributed by atoms with Gasteiger partial charge in [0.2, 0.25) is 0 Å². The van der Waals surface area contributed by atoms with Crippen LogP contribution in [0.25, 0.3) is 0 Å². The first-order chi connectivity index (χ1) is 7.83. The summed E-state index contributed by atoms with van der Waals surface area (Å²) in [5.41, 5.74) is 0. The highest BCUT2D eigenvalue weighted by molar-refractivity contribution is 5.44. The number of nitrogens with one attached hydrogen (secondary N) is 1. The molecule has 1 unspecified atom stereocenters. The van der Waals surface area contributed by atoms with Gasteiger partial charge in [-0.1, -0.05) is 13.3 Å². The predicted molar refractivity (Wildman–Crippen MR) is 66.8 cm³/mol.